The van der Waals surface area contributed by atoms with Crippen LogP contribution in [-0.4, -0.2) is 97.9 Å². The number of rotatable bonds is 18. The van der Waals surface area contributed by atoms with E-state index in [4.69, 9.17) is 37.4 Å². The summed E-state index contributed by atoms with van der Waals surface area (Å²) in [5, 5.41) is 1.15. The van der Waals surface area contributed by atoms with Gasteiger partial charge in [-0.25, -0.2) is 5.06 Å². The molecule has 2 saturated heterocycles. The van der Waals surface area contributed by atoms with Crippen molar-refractivity contribution in [1.29, 1.82) is 0 Å². The fourth-order valence-corrected chi connectivity index (χ4v) is 9.09. The van der Waals surface area contributed by atoms with Crippen LogP contribution in [0.25, 0.3) is 0 Å². The van der Waals surface area contributed by atoms with Crippen LogP contribution < -0.4 is 4.74 Å². The normalized spacial score (nSPS) is 26.7. The molecule has 0 spiro atoms. The van der Waals surface area contributed by atoms with Crippen molar-refractivity contribution >= 4 is 22.5 Å². The molecular weight excluding hydrogens is 707 g/mol. The summed E-state index contributed by atoms with van der Waals surface area (Å²) in [5.41, 5.74) is 0.429. The second-order valence-electron chi connectivity index (χ2n) is 18.8. The molecule has 2 aliphatic rings. The molecule has 1 amide bonds. The molecule has 0 unspecified atom stereocenters. The lowest BCUT2D eigenvalue weighted by molar-refractivity contribution is -0.329. The molecule has 0 saturated carbocycles. The lowest BCUT2D eigenvalue weighted by atomic mass is 9.77. The molecule has 53 heavy (non-hydrogen) atoms. The van der Waals surface area contributed by atoms with Crippen LogP contribution in [0.15, 0.2) is 36.9 Å². The molecule has 0 aliphatic carbocycles. The van der Waals surface area contributed by atoms with Crippen LogP contribution in [0.1, 0.15) is 81.2 Å². The second kappa shape index (κ2) is 17.3. The third-order valence-corrected chi connectivity index (χ3v) is 21.2. The third kappa shape index (κ3) is 11.3. The van der Waals surface area contributed by atoms with Crippen molar-refractivity contribution in [3.63, 3.8) is 0 Å². The molecular formula is C41H73NO9Si2. The van der Waals surface area contributed by atoms with Crippen LogP contribution >= 0.6 is 0 Å². The number of ether oxygens (including phenoxy) is 5. The molecule has 8 atom stereocenters. The highest BCUT2D eigenvalue weighted by atomic mass is 28.4. The highest BCUT2D eigenvalue weighted by Crippen LogP contribution is 2.53. The second-order valence-corrected chi connectivity index (χ2v) is 28.4. The van der Waals surface area contributed by atoms with Gasteiger partial charge in [-0.15, -0.1) is 6.58 Å². The first-order chi connectivity index (χ1) is 24.2. The Morgan fingerprint density at radius 3 is 2.04 bits per heavy atom. The van der Waals surface area contributed by atoms with Crippen LogP contribution in [0, 0.1) is 17.8 Å². The number of hydrogen-bond donors (Lipinski definition) is 0. The summed E-state index contributed by atoms with van der Waals surface area (Å²) in [6, 6.07) is 7.95. The molecule has 2 fully saturated rings. The van der Waals surface area contributed by atoms with Gasteiger partial charge in [-0.3, -0.25) is 9.63 Å². The van der Waals surface area contributed by atoms with E-state index >= 15 is 0 Å². The highest BCUT2D eigenvalue weighted by Gasteiger charge is 2.65. The van der Waals surface area contributed by atoms with Crippen molar-refractivity contribution in [2.45, 2.75) is 154 Å². The van der Waals surface area contributed by atoms with Gasteiger partial charge in [-0.1, -0.05) is 66.7 Å². The van der Waals surface area contributed by atoms with Crippen molar-refractivity contribution in [1.82, 2.24) is 5.06 Å². The fraction of sp³-hybridized carbons (Fsp3) is 0.780. The zero-order chi connectivity index (χ0) is 40.4. The van der Waals surface area contributed by atoms with Crippen LogP contribution in [0.4, 0.5) is 0 Å². The Kier molecular flexibility index (Phi) is 14.9. The molecule has 0 N–H and O–H groups in total. The first kappa shape index (κ1) is 45.8. The number of benzene rings is 1. The number of nitrogens with zero attached hydrogens (tertiary/aromatic N) is 1. The van der Waals surface area contributed by atoms with Crippen LogP contribution in [-0.2, 0) is 44.0 Å². The van der Waals surface area contributed by atoms with Gasteiger partial charge in [0.25, 0.3) is 0 Å². The third-order valence-electron chi connectivity index (χ3n) is 12.2. The Hall–Kier alpha value is -1.62. The molecule has 0 bridgehead atoms. The van der Waals surface area contributed by atoms with Crippen LogP contribution in [0.2, 0.25) is 36.3 Å². The smallest absolute Gasteiger partial charge is 0.248 e. The number of carbonyl (C=O) groups excluding carboxylic acids is 1. The number of epoxide rings is 1. The van der Waals surface area contributed by atoms with E-state index < -0.39 is 46.3 Å². The van der Waals surface area contributed by atoms with Gasteiger partial charge in [-0.2, -0.15) is 0 Å². The molecule has 0 radical (unpaired) electrons. The fourth-order valence-electron chi connectivity index (χ4n) is 6.65. The average Bonchev–Trinajstić information content (AvgIpc) is 3.74. The zero-order valence-corrected chi connectivity index (χ0v) is 38.1. The Labute approximate surface area is 323 Å². The minimum absolute atomic E-state index is 0.0150. The summed E-state index contributed by atoms with van der Waals surface area (Å²) < 4.78 is 46.5. The molecule has 1 aromatic carbocycles. The van der Waals surface area contributed by atoms with Crippen molar-refractivity contribution in [2.75, 3.05) is 34.5 Å². The molecule has 12 heteroatoms. The number of hydrogen-bond acceptors (Lipinski definition) is 9. The van der Waals surface area contributed by atoms with Gasteiger partial charge in [0, 0.05) is 31.4 Å². The summed E-state index contributed by atoms with van der Waals surface area (Å²) >= 11 is 0. The van der Waals surface area contributed by atoms with E-state index in [0.29, 0.717) is 19.8 Å². The minimum Gasteiger partial charge on any atom is -0.497 e. The molecule has 304 valence electrons. The summed E-state index contributed by atoms with van der Waals surface area (Å²) in [7, 11) is 0.115. The lowest BCUT2D eigenvalue weighted by Crippen LogP contribution is -2.61. The number of methoxy groups -OCH3 is 1. The maximum absolute atomic E-state index is 13.3. The standard InChI is InChI=1S/C41H73NO9Si2/c1-19-31-33(24-34(43)42(12)45-14)48-40(9,10)49-35(31)32(27-47-52(15,16)38(3,4)5)37(51-53(17,18)39(6,7)8)41(11)36(50-41)28(2)25-46-26-29-20-22-30(44-13)23-21-29/h19-23,28,31-33,35-37H,1,24-27H2,2-18H3/t28-,31-,32-,33+,35+,36+,37-,41+/m0/s1. The van der Waals surface area contributed by atoms with E-state index in [-0.39, 0.29) is 46.3 Å². The largest absolute Gasteiger partial charge is 0.497 e. The summed E-state index contributed by atoms with van der Waals surface area (Å²) in [5.74, 6) is -0.913. The Morgan fingerprint density at radius 2 is 1.53 bits per heavy atom. The maximum atomic E-state index is 13.3. The SMILES string of the molecule is C=C[C@@H]1[C@H]([C@H](CO[Si](C)(C)C(C)(C)C)[C@H](O[Si](C)(C)C(C)(C)C)[C@]2(C)O[C@@H]2[C@@H](C)COCc2ccc(OC)cc2)OC(C)(C)O[C@@H]1CC(=O)N(C)OC. The summed E-state index contributed by atoms with van der Waals surface area (Å²) in [4.78, 5) is 18.5. The topological polar surface area (TPSA) is 97.5 Å². The van der Waals surface area contributed by atoms with E-state index in [1.165, 1.54) is 12.2 Å². The molecule has 1 aromatic rings. The zero-order valence-electron chi connectivity index (χ0n) is 36.1. The first-order valence-corrected chi connectivity index (χ1v) is 25.0. The van der Waals surface area contributed by atoms with Crippen molar-refractivity contribution in [3.05, 3.63) is 42.5 Å². The monoisotopic (exact) mass is 779 g/mol. The first-order valence-electron chi connectivity index (χ1n) is 19.2. The van der Waals surface area contributed by atoms with E-state index in [1.807, 2.05) is 44.2 Å². The maximum Gasteiger partial charge on any atom is 0.248 e. The van der Waals surface area contributed by atoms with E-state index in [1.54, 1.807) is 14.2 Å². The van der Waals surface area contributed by atoms with Gasteiger partial charge in [0.1, 0.15) is 11.4 Å². The highest BCUT2D eigenvalue weighted by molar-refractivity contribution is 6.74. The average molecular weight is 780 g/mol. The molecule has 2 aliphatic heterocycles. The predicted molar refractivity (Wildman–Crippen MR) is 216 cm³/mol. The van der Waals surface area contributed by atoms with Gasteiger partial charge in [-0.05, 0) is 74.7 Å². The van der Waals surface area contributed by atoms with Gasteiger partial charge < -0.3 is 32.5 Å². The summed E-state index contributed by atoms with van der Waals surface area (Å²) in [6.45, 7) is 36.5. The Bertz CT molecular complexity index is 1360. The number of carbonyl (C=O) groups is 1. The quantitative estimate of drug-likeness (QED) is 0.0627. The van der Waals surface area contributed by atoms with Crippen molar-refractivity contribution in [2.24, 2.45) is 17.8 Å². The number of hydroxylamine groups is 2. The molecule has 10 nitrogen and oxygen atoms in total. The lowest BCUT2D eigenvalue weighted by Gasteiger charge is -2.51. The van der Waals surface area contributed by atoms with E-state index in [2.05, 4.69) is 88.2 Å². The van der Waals surface area contributed by atoms with Gasteiger partial charge in [0.15, 0.2) is 22.4 Å². The molecule has 3 rings (SSSR count). The minimum atomic E-state index is -2.40. The van der Waals surface area contributed by atoms with Gasteiger partial charge in [0.05, 0.1) is 58.3 Å². The van der Waals surface area contributed by atoms with Crippen molar-refractivity contribution < 1.29 is 42.2 Å². The predicted octanol–water partition coefficient (Wildman–Crippen LogP) is 8.77. The van der Waals surface area contributed by atoms with Crippen molar-refractivity contribution in [3.8, 4) is 5.75 Å². The van der Waals surface area contributed by atoms with E-state index in [0.717, 1.165) is 11.3 Å². The van der Waals surface area contributed by atoms with Gasteiger partial charge in [0.2, 0.25) is 5.91 Å². The molecule has 2 heterocycles. The van der Waals surface area contributed by atoms with Crippen LogP contribution in [0.3, 0.4) is 0 Å². The van der Waals surface area contributed by atoms with E-state index in [9.17, 15) is 4.79 Å². The molecule has 0 aromatic heterocycles. The van der Waals surface area contributed by atoms with Crippen LogP contribution in [0.5, 0.6) is 5.75 Å². The van der Waals surface area contributed by atoms with Gasteiger partial charge >= 0.3 is 0 Å². The Balaban J connectivity index is 2.07. The number of amides is 1. The summed E-state index contributed by atoms with van der Waals surface area (Å²) in [6.07, 6.45) is 0.491. The Morgan fingerprint density at radius 1 is 0.943 bits per heavy atom.